The molecule has 49 heavy (non-hydrogen) atoms. The van der Waals surface area contributed by atoms with E-state index in [2.05, 4.69) is 162 Å². The maximum Gasteiger partial charge on any atom is 0.136 e. The van der Waals surface area contributed by atoms with Crippen molar-refractivity contribution in [3.63, 3.8) is 0 Å². The molecular formula is C45H28N2OS. The molecule has 0 atom stereocenters. The van der Waals surface area contributed by atoms with Gasteiger partial charge in [0.25, 0.3) is 0 Å². The first kappa shape index (κ1) is 27.8. The van der Waals surface area contributed by atoms with Crippen molar-refractivity contribution < 1.29 is 4.42 Å². The van der Waals surface area contributed by atoms with Gasteiger partial charge in [-0.3, -0.25) is 4.98 Å². The summed E-state index contributed by atoms with van der Waals surface area (Å²) in [6.45, 7) is 0. The van der Waals surface area contributed by atoms with Gasteiger partial charge in [0.15, 0.2) is 0 Å². The number of nitrogens with zero attached hydrogens (tertiary/aromatic N) is 2. The van der Waals surface area contributed by atoms with Crippen molar-refractivity contribution in [3.8, 4) is 22.3 Å². The summed E-state index contributed by atoms with van der Waals surface area (Å²) in [5, 5.41) is 7.22. The largest absolute Gasteiger partial charge is 0.456 e. The summed E-state index contributed by atoms with van der Waals surface area (Å²) >= 11 is 1.85. The fourth-order valence-corrected chi connectivity index (χ4v) is 8.44. The molecule has 0 aliphatic rings. The number of furan rings is 1. The predicted octanol–water partition coefficient (Wildman–Crippen LogP) is 13.3. The lowest BCUT2D eigenvalue weighted by Crippen LogP contribution is -2.09. The average molecular weight is 645 g/mol. The van der Waals surface area contributed by atoms with Crippen molar-refractivity contribution in [1.29, 1.82) is 0 Å². The van der Waals surface area contributed by atoms with Gasteiger partial charge in [0, 0.05) is 66.0 Å². The molecule has 0 fully saturated rings. The van der Waals surface area contributed by atoms with E-state index in [9.17, 15) is 0 Å². The van der Waals surface area contributed by atoms with Gasteiger partial charge in [0.1, 0.15) is 11.2 Å². The minimum atomic E-state index is 0.878. The highest BCUT2D eigenvalue weighted by atomic mass is 32.1. The van der Waals surface area contributed by atoms with Crippen LogP contribution in [0, 0.1) is 0 Å². The van der Waals surface area contributed by atoms with Gasteiger partial charge in [-0.25, -0.2) is 0 Å². The highest BCUT2D eigenvalue weighted by molar-refractivity contribution is 7.25. The standard InChI is InChI=1S/C45H28N2OS/c1-2-11-31(12-3-1)47(33-23-24-43-39(26-33)36-14-6-7-18-42(36)49-43)32-21-19-29(20-22-32)38-27-41-45(37-15-5-4-13-35(37)38)44-34(16-8-17-40(44)48-41)30-10-9-25-46-28-30/h1-28H. The molecule has 0 amide bonds. The predicted molar refractivity (Wildman–Crippen MR) is 207 cm³/mol. The number of pyridine rings is 1. The van der Waals surface area contributed by atoms with Crippen molar-refractivity contribution in [2.24, 2.45) is 0 Å². The molecular weight excluding hydrogens is 617 g/mol. The van der Waals surface area contributed by atoms with E-state index in [-0.39, 0.29) is 0 Å². The molecule has 0 aliphatic heterocycles. The smallest absolute Gasteiger partial charge is 0.136 e. The molecule has 10 rings (SSSR count). The van der Waals surface area contributed by atoms with E-state index in [1.807, 2.05) is 29.8 Å². The molecule has 0 radical (unpaired) electrons. The third-order valence-electron chi connectivity index (χ3n) is 9.55. The molecule has 3 aromatic heterocycles. The van der Waals surface area contributed by atoms with Crippen LogP contribution in [0.25, 0.3) is 75.1 Å². The lowest BCUT2D eigenvalue weighted by molar-refractivity contribution is 0.669. The Labute approximate surface area is 286 Å². The lowest BCUT2D eigenvalue weighted by atomic mass is 9.93. The van der Waals surface area contributed by atoms with E-state index in [0.717, 1.165) is 61.3 Å². The van der Waals surface area contributed by atoms with E-state index >= 15 is 0 Å². The Morgan fingerprint density at radius 2 is 1.18 bits per heavy atom. The average Bonchev–Trinajstić information content (AvgIpc) is 3.74. The highest BCUT2D eigenvalue weighted by Gasteiger charge is 2.19. The van der Waals surface area contributed by atoms with E-state index in [4.69, 9.17) is 4.42 Å². The van der Waals surface area contributed by atoms with E-state index in [1.165, 1.54) is 30.9 Å². The van der Waals surface area contributed by atoms with Crippen LogP contribution in [0.5, 0.6) is 0 Å². The monoisotopic (exact) mass is 644 g/mol. The Morgan fingerprint density at radius 1 is 0.449 bits per heavy atom. The number of thiophene rings is 1. The third kappa shape index (κ3) is 4.53. The first-order chi connectivity index (χ1) is 24.3. The summed E-state index contributed by atoms with van der Waals surface area (Å²) < 4.78 is 9.21. The van der Waals surface area contributed by atoms with Gasteiger partial charge in [0.2, 0.25) is 0 Å². The maximum atomic E-state index is 6.59. The van der Waals surface area contributed by atoms with E-state index in [1.54, 1.807) is 0 Å². The van der Waals surface area contributed by atoms with Gasteiger partial charge < -0.3 is 9.32 Å². The zero-order valence-corrected chi connectivity index (χ0v) is 27.2. The molecule has 0 N–H and O–H groups in total. The summed E-state index contributed by atoms with van der Waals surface area (Å²) in [5.41, 5.74) is 9.60. The molecule has 3 nitrogen and oxygen atoms in total. The topological polar surface area (TPSA) is 29.3 Å². The second kappa shape index (κ2) is 11.2. The van der Waals surface area contributed by atoms with Crippen molar-refractivity contribution in [2.45, 2.75) is 0 Å². The highest BCUT2D eigenvalue weighted by Crippen LogP contribution is 2.45. The summed E-state index contributed by atoms with van der Waals surface area (Å²) in [6.07, 6.45) is 3.73. The first-order valence-corrected chi connectivity index (χ1v) is 17.3. The lowest BCUT2D eigenvalue weighted by Gasteiger charge is -2.26. The fraction of sp³-hybridized carbons (Fsp3) is 0. The number of hydrogen-bond acceptors (Lipinski definition) is 4. The number of rotatable bonds is 5. The minimum Gasteiger partial charge on any atom is -0.456 e. The Balaban J connectivity index is 1.13. The number of para-hydroxylation sites is 1. The zero-order chi connectivity index (χ0) is 32.3. The van der Waals surface area contributed by atoms with E-state index in [0.29, 0.717) is 0 Å². The van der Waals surface area contributed by atoms with Gasteiger partial charge in [-0.15, -0.1) is 11.3 Å². The molecule has 0 saturated carbocycles. The number of anilines is 3. The molecule has 0 aliphatic carbocycles. The van der Waals surface area contributed by atoms with Crippen LogP contribution in [0.3, 0.4) is 0 Å². The third-order valence-corrected chi connectivity index (χ3v) is 10.7. The van der Waals surface area contributed by atoms with Crippen molar-refractivity contribution >= 4 is 81.3 Å². The molecule has 0 saturated heterocycles. The molecule has 4 heteroatoms. The maximum absolute atomic E-state index is 6.59. The summed E-state index contributed by atoms with van der Waals surface area (Å²) in [6, 6.07) is 56.3. The SMILES string of the molecule is c1ccc(N(c2ccc(-c3cc4oc5cccc(-c6cccnc6)c5c4c4ccccc34)cc2)c2ccc3sc4ccccc4c3c2)cc1. The Hall–Kier alpha value is -6.23. The van der Waals surface area contributed by atoms with Gasteiger partial charge in [0.05, 0.1) is 0 Å². The van der Waals surface area contributed by atoms with Crippen LogP contribution in [0.15, 0.2) is 175 Å². The molecule has 0 spiro atoms. The number of fused-ring (bicyclic) bond motifs is 8. The molecule has 0 bridgehead atoms. The van der Waals surface area contributed by atoms with Crippen LogP contribution >= 0.6 is 11.3 Å². The van der Waals surface area contributed by atoms with Crippen molar-refractivity contribution in [2.75, 3.05) is 4.90 Å². The van der Waals surface area contributed by atoms with Gasteiger partial charge in [-0.1, -0.05) is 91.0 Å². The van der Waals surface area contributed by atoms with Gasteiger partial charge in [-0.2, -0.15) is 0 Å². The van der Waals surface area contributed by atoms with Crippen LogP contribution in [0.2, 0.25) is 0 Å². The van der Waals surface area contributed by atoms with Crippen molar-refractivity contribution in [1.82, 2.24) is 4.98 Å². The molecule has 230 valence electrons. The fourth-order valence-electron chi connectivity index (χ4n) is 7.35. The van der Waals surface area contributed by atoms with Crippen LogP contribution < -0.4 is 4.90 Å². The van der Waals surface area contributed by atoms with E-state index < -0.39 is 0 Å². The summed E-state index contributed by atoms with van der Waals surface area (Å²) in [7, 11) is 0. The quantitative estimate of drug-likeness (QED) is 0.187. The van der Waals surface area contributed by atoms with Crippen LogP contribution in [-0.4, -0.2) is 4.98 Å². The Morgan fingerprint density at radius 3 is 2.02 bits per heavy atom. The zero-order valence-electron chi connectivity index (χ0n) is 26.4. The van der Waals surface area contributed by atoms with Crippen LogP contribution in [0.4, 0.5) is 17.1 Å². The number of benzene rings is 7. The summed E-state index contributed by atoms with van der Waals surface area (Å²) in [4.78, 5) is 6.74. The number of aromatic nitrogens is 1. The summed E-state index contributed by atoms with van der Waals surface area (Å²) in [5.74, 6) is 0. The molecule has 10 aromatic rings. The minimum absolute atomic E-state index is 0.878. The second-order valence-corrected chi connectivity index (χ2v) is 13.4. The normalized spacial score (nSPS) is 11.7. The van der Waals surface area contributed by atoms with Crippen LogP contribution in [0.1, 0.15) is 0 Å². The van der Waals surface area contributed by atoms with Gasteiger partial charge in [-0.05, 0) is 94.2 Å². The first-order valence-electron chi connectivity index (χ1n) is 16.4. The molecule has 0 unspecified atom stereocenters. The number of hydrogen-bond donors (Lipinski definition) is 0. The Bertz CT molecular complexity index is 2820. The molecule has 7 aromatic carbocycles. The Kier molecular flexibility index (Phi) is 6.36. The van der Waals surface area contributed by atoms with Crippen LogP contribution in [-0.2, 0) is 0 Å². The van der Waals surface area contributed by atoms with Gasteiger partial charge >= 0.3 is 0 Å². The van der Waals surface area contributed by atoms with Crippen molar-refractivity contribution in [3.05, 3.63) is 170 Å². The second-order valence-electron chi connectivity index (χ2n) is 12.4. The molecule has 3 heterocycles.